The molecule has 4 rings (SSSR count). The van der Waals surface area contributed by atoms with Crippen molar-refractivity contribution in [2.75, 3.05) is 6.54 Å². The maximum absolute atomic E-state index is 14.5. The topological polar surface area (TPSA) is 105 Å². The number of alkyl halides is 3. The molecule has 0 bridgehead atoms. The van der Waals surface area contributed by atoms with E-state index >= 15 is 0 Å². The Morgan fingerprint density at radius 3 is 2.26 bits per heavy atom. The molecule has 15 heteroatoms. The van der Waals surface area contributed by atoms with Gasteiger partial charge in [0.05, 0.1) is 51.1 Å². The maximum Gasteiger partial charge on any atom is 0.433 e. The van der Waals surface area contributed by atoms with E-state index in [1.807, 2.05) is 0 Å². The molecule has 43 heavy (non-hydrogen) atoms. The van der Waals surface area contributed by atoms with Crippen LogP contribution in [0.4, 0.5) is 22.0 Å². The number of halogens is 7. The highest BCUT2D eigenvalue weighted by atomic mass is 35.5. The molecule has 1 N–H and O–H groups in total. The molecule has 0 unspecified atom stereocenters. The third kappa shape index (κ3) is 6.82. The number of carbonyl (C=O) groups excluding carboxylic acids is 2. The molecule has 1 aliphatic rings. The molecule has 0 saturated heterocycles. The zero-order valence-corrected chi connectivity index (χ0v) is 24.3. The molecule has 1 saturated carbocycles. The molecule has 2 aromatic heterocycles. The van der Waals surface area contributed by atoms with E-state index in [1.165, 1.54) is 13.8 Å². The zero-order chi connectivity index (χ0) is 31.9. The summed E-state index contributed by atoms with van der Waals surface area (Å²) < 4.78 is 72.0. The second kappa shape index (κ2) is 12.2. The number of rotatable bonds is 8. The molecule has 1 aliphatic carbocycles. The monoisotopic (exact) mass is 646 g/mol. The van der Waals surface area contributed by atoms with Crippen LogP contribution in [0.25, 0.3) is 0 Å². The molecule has 1 fully saturated rings. The number of benzene rings is 1. The van der Waals surface area contributed by atoms with Gasteiger partial charge in [0, 0.05) is 18.8 Å². The molecular formula is C28H25Cl2F5N4O4. The lowest BCUT2D eigenvalue weighted by atomic mass is 9.74. The summed E-state index contributed by atoms with van der Waals surface area (Å²) in [7, 11) is 0. The minimum absolute atomic E-state index is 0.0599. The van der Waals surface area contributed by atoms with Crippen molar-refractivity contribution in [2.24, 2.45) is 5.41 Å². The second-order valence-electron chi connectivity index (χ2n) is 10.7. The molecule has 0 radical (unpaired) electrons. The standard InChI is InChI=1S/C28H25Cl2F5N4O4/c1-14-23(30)22(20(29)11-36-14)21(40)13-38(12-15-7-16(31)9-17(32)8-15)25(41)19-10-37-39(24(19)28(33,34)35)18-3-5-27(2,6-4-18)26(42)43/h7-11,18H,3-6,12-13H2,1-2H3,(H,42,43). The number of hydrogen-bond acceptors (Lipinski definition) is 5. The van der Waals surface area contributed by atoms with Gasteiger partial charge in [-0.3, -0.25) is 24.0 Å². The van der Waals surface area contributed by atoms with Gasteiger partial charge in [0.1, 0.15) is 11.6 Å². The minimum atomic E-state index is -5.08. The van der Waals surface area contributed by atoms with Crippen LogP contribution in [-0.4, -0.2) is 49.0 Å². The number of aromatic nitrogens is 3. The summed E-state index contributed by atoms with van der Waals surface area (Å²) in [5.74, 6) is -5.21. The molecular weight excluding hydrogens is 622 g/mol. The average Bonchev–Trinajstić information content (AvgIpc) is 3.36. The molecule has 8 nitrogen and oxygen atoms in total. The number of nitrogens with zero attached hydrogens (tertiary/aromatic N) is 4. The van der Waals surface area contributed by atoms with E-state index in [4.69, 9.17) is 23.2 Å². The summed E-state index contributed by atoms with van der Waals surface area (Å²) in [6.07, 6.45) is -2.91. The Labute approximate surface area is 252 Å². The number of Topliss-reactive ketones (excluding diaryl/α,β-unsaturated/α-hetero) is 1. The van der Waals surface area contributed by atoms with Crippen molar-refractivity contribution in [3.63, 3.8) is 0 Å². The Morgan fingerprint density at radius 2 is 1.70 bits per heavy atom. The minimum Gasteiger partial charge on any atom is -0.481 e. The van der Waals surface area contributed by atoms with Gasteiger partial charge in [-0.15, -0.1) is 0 Å². The lowest BCUT2D eigenvalue weighted by Crippen LogP contribution is -2.37. The third-order valence-electron chi connectivity index (χ3n) is 7.56. The van der Waals surface area contributed by atoms with E-state index in [0.717, 1.165) is 24.5 Å². The van der Waals surface area contributed by atoms with Crippen LogP contribution < -0.4 is 0 Å². The predicted molar refractivity (Wildman–Crippen MR) is 145 cm³/mol. The Kier molecular flexibility index (Phi) is 9.17. The number of carbonyl (C=O) groups is 3. The average molecular weight is 647 g/mol. The second-order valence-corrected chi connectivity index (χ2v) is 11.5. The van der Waals surface area contributed by atoms with Crippen LogP contribution in [0.1, 0.15) is 76.3 Å². The highest BCUT2D eigenvalue weighted by Gasteiger charge is 2.45. The van der Waals surface area contributed by atoms with Gasteiger partial charge in [-0.25, -0.2) is 8.78 Å². The normalized spacial score (nSPS) is 18.9. The highest BCUT2D eigenvalue weighted by molar-refractivity contribution is 6.40. The fourth-order valence-electron chi connectivity index (χ4n) is 5.14. The molecule has 2 heterocycles. The summed E-state index contributed by atoms with van der Waals surface area (Å²) in [5.41, 5.74) is -3.53. The van der Waals surface area contributed by atoms with E-state index in [9.17, 15) is 41.4 Å². The number of aryl methyl sites for hydroxylation is 1. The van der Waals surface area contributed by atoms with Gasteiger partial charge < -0.3 is 10.0 Å². The Balaban J connectivity index is 1.74. The van der Waals surface area contributed by atoms with Crippen molar-refractivity contribution in [3.8, 4) is 0 Å². The van der Waals surface area contributed by atoms with E-state index in [0.29, 0.717) is 15.6 Å². The van der Waals surface area contributed by atoms with E-state index in [2.05, 4.69) is 10.1 Å². The first kappa shape index (κ1) is 32.3. The van der Waals surface area contributed by atoms with Crippen molar-refractivity contribution in [3.05, 3.63) is 80.4 Å². The van der Waals surface area contributed by atoms with E-state index in [1.54, 1.807) is 0 Å². The van der Waals surface area contributed by atoms with Gasteiger partial charge in [-0.05, 0) is 57.2 Å². The van der Waals surface area contributed by atoms with Crippen LogP contribution in [0.2, 0.25) is 10.0 Å². The first-order valence-electron chi connectivity index (χ1n) is 13.0. The number of pyridine rings is 1. The quantitative estimate of drug-likeness (QED) is 0.210. The molecule has 0 aliphatic heterocycles. The number of ketones is 1. The smallest absolute Gasteiger partial charge is 0.433 e. The fraction of sp³-hybridized carbons (Fsp3) is 0.393. The molecule has 0 atom stereocenters. The molecule has 230 valence electrons. The fourth-order valence-corrected chi connectivity index (χ4v) is 5.69. The summed E-state index contributed by atoms with van der Waals surface area (Å²) in [6.45, 7) is 1.49. The zero-order valence-electron chi connectivity index (χ0n) is 22.8. The van der Waals surface area contributed by atoms with Gasteiger partial charge in [-0.2, -0.15) is 18.3 Å². The first-order valence-corrected chi connectivity index (χ1v) is 13.7. The number of hydrogen-bond donors (Lipinski definition) is 1. The molecule has 3 aromatic rings. The Bertz CT molecular complexity index is 1570. The summed E-state index contributed by atoms with van der Waals surface area (Å²) in [6, 6.07) is 1.47. The highest BCUT2D eigenvalue weighted by Crippen LogP contribution is 2.43. The third-order valence-corrected chi connectivity index (χ3v) is 8.31. The van der Waals surface area contributed by atoms with Crippen molar-refractivity contribution < 1.29 is 41.4 Å². The molecule has 1 amide bonds. The molecule has 0 spiro atoms. The SMILES string of the molecule is Cc1ncc(Cl)c(C(=O)CN(Cc2cc(F)cc(F)c2)C(=O)c2cnn(C3CCC(C)(C(=O)O)CC3)c2C(F)(F)F)c1Cl. The van der Waals surface area contributed by atoms with Crippen LogP contribution in [0.3, 0.4) is 0 Å². The van der Waals surface area contributed by atoms with Crippen molar-refractivity contribution in [1.29, 1.82) is 0 Å². The number of carboxylic acids is 1. The Hall–Kier alpha value is -3.58. The van der Waals surface area contributed by atoms with E-state index < -0.39 is 71.3 Å². The van der Waals surface area contributed by atoms with Gasteiger partial charge >= 0.3 is 12.1 Å². The number of amides is 1. The maximum atomic E-state index is 14.5. The van der Waals surface area contributed by atoms with Gasteiger partial charge in [0.25, 0.3) is 5.91 Å². The van der Waals surface area contributed by atoms with Crippen LogP contribution in [0.5, 0.6) is 0 Å². The van der Waals surface area contributed by atoms with Gasteiger partial charge in [0.2, 0.25) is 0 Å². The number of carboxylic acid groups (broad SMARTS) is 1. The van der Waals surface area contributed by atoms with Crippen molar-refractivity contribution >= 4 is 40.9 Å². The van der Waals surface area contributed by atoms with Crippen LogP contribution in [0, 0.1) is 24.0 Å². The summed E-state index contributed by atoms with van der Waals surface area (Å²) >= 11 is 12.3. The Morgan fingerprint density at radius 1 is 1.09 bits per heavy atom. The van der Waals surface area contributed by atoms with Crippen LogP contribution >= 0.6 is 23.2 Å². The van der Waals surface area contributed by atoms with Crippen LogP contribution in [-0.2, 0) is 17.5 Å². The van der Waals surface area contributed by atoms with Crippen molar-refractivity contribution in [1.82, 2.24) is 19.7 Å². The summed E-state index contributed by atoms with van der Waals surface area (Å²) in [4.78, 5) is 43.3. The van der Waals surface area contributed by atoms with Crippen molar-refractivity contribution in [2.45, 2.75) is 58.3 Å². The van der Waals surface area contributed by atoms with Gasteiger partial charge in [0.15, 0.2) is 11.5 Å². The van der Waals surface area contributed by atoms with Gasteiger partial charge in [-0.1, -0.05) is 23.2 Å². The summed E-state index contributed by atoms with van der Waals surface area (Å²) in [5, 5.41) is 13.1. The van der Waals surface area contributed by atoms with E-state index in [-0.39, 0.29) is 52.5 Å². The predicted octanol–water partition coefficient (Wildman–Crippen LogP) is 6.92. The lowest BCUT2D eigenvalue weighted by Gasteiger charge is -2.34. The number of aliphatic carboxylic acids is 1. The molecule has 1 aromatic carbocycles. The first-order chi connectivity index (χ1) is 20.0. The largest absolute Gasteiger partial charge is 0.481 e. The van der Waals surface area contributed by atoms with Crippen LogP contribution in [0.15, 0.2) is 30.6 Å². The lowest BCUT2D eigenvalue weighted by molar-refractivity contribution is -0.152.